The van der Waals surface area contributed by atoms with Gasteiger partial charge in [0.1, 0.15) is 5.75 Å². The van der Waals surface area contributed by atoms with Gasteiger partial charge in [-0.3, -0.25) is 0 Å². The molecule has 52 heavy (non-hydrogen) atoms. The zero-order valence-electron chi connectivity index (χ0n) is 35.1. The molecule has 0 aliphatic carbocycles. The minimum Gasteiger partial charge on any atom is -0.427 e. The second kappa shape index (κ2) is 40.0. The molecule has 0 aliphatic heterocycles. The van der Waals surface area contributed by atoms with E-state index in [0.29, 0.717) is 25.4 Å². The highest BCUT2D eigenvalue weighted by Gasteiger charge is 2.15. The zero-order valence-corrected chi connectivity index (χ0v) is 36.0. The molecule has 0 radical (unpaired) electrons. The quantitative estimate of drug-likeness (QED) is 0.0492. The first-order chi connectivity index (χ1) is 25.7. The Morgan fingerprint density at radius 2 is 0.750 bits per heavy atom. The topological polar surface area (TPSA) is 46.2 Å². The van der Waals surface area contributed by atoms with Crippen molar-refractivity contribution in [3.05, 3.63) is 30.3 Å². The second-order valence-corrected chi connectivity index (χ2v) is 16.3. The van der Waals surface area contributed by atoms with Gasteiger partial charge in [-0.15, -0.1) is 0 Å². The highest BCUT2D eigenvalue weighted by Crippen LogP contribution is 2.41. The lowest BCUT2D eigenvalue weighted by molar-refractivity contribution is 0.0405. The van der Waals surface area contributed by atoms with Crippen molar-refractivity contribution in [2.24, 2.45) is 0 Å². The first kappa shape index (κ1) is 49.3. The Balaban J connectivity index is 2.10. The summed E-state index contributed by atoms with van der Waals surface area (Å²) in [5, 5.41) is 0. The van der Waals surface area contributed by atoms with E-state index in [-0.39, 0.29) is 0 Å². The molecule has 1 rings (SSSR count). The molecule has 0 amide bonds. The van der Waals surface area contributed by atoms with Crippen LogP contribution in [0.5, 0.6) is 5.75 Å². The number of unbranched alkanes of at least 4 members (excludes halogenated alkanes) is 22. The van der Waals surface area contributed by atoms with Gasteiger partial charge >= 0.3 is 8.60 Å². The summed E-state index contributed by atoms with van der Waals surface area (Å²) in [6, 6.07) is 9.97. The zero-order chi connectivity index (χ0) is 37.4. The number of ether oxygens (including phenoxy) is 2. The summed E-state index contributed by atoms with van der Waals surface area (Å²) < 4.78 is 30.8. The lowest BCUT2D eigenvalue weighted by atomic mass is 10.1. The monoisotopic (exact) mass is 751 g/mol. The third-order valence-electron chi connectivity index (χ3n) is 10.3. The Bertz CT molecular complexity index is 765. The van der Waals surface area contributed by atoms with Gasteiger partial charge in [0.25, 0.3) is 0 Å². The highest BCUT2D eigenvalue weighted by molar-refractivity contribution is 7.42. The van der Waals surface area contributed by atoms with Gasteiger partial charge in [-0.2, -0.15) is 0 Å². The van der Waals surface area contributed by atoms with Gasteiger partial charge in [0.05, 0.1) is 25.4 Å². The van der Waals surface area contributed by atoms with Gasteiger partial charge in [0, 0.05) is 13.2 Å². The van der Waals surface area contributed by atoms with Gasteiger partial charge in [-0.25, -0.2) is 0 Å². The average molecular weight is 751 g/mol. The standard InChI is InChI=1S/C46H87O5P/c1-5-9-11-13-15-17-23-32-40-47-44(7-3)36-28-21-19-25-34-42-49-52(51-46-38-30-27-31-39-46)50-43-35-26-20-22-29-37-45(8-4)48-41-33-24-18-16-14-12-10-6-2/h27,30-31,38-39,44-45H,5-26,28-29,32-37,40-43H2,1-4H3. The van der Waals surface area contributed by atoms with Crippen molar-refractivity contribution in [2.45, 2.75) is 233 Å². The fraction of sp³-hybridized carbons (Fsp3) is 0.870. The van der Waals surface area contributed by atoms with Gasteiger partial charge in [0.15, 0.2) is 0 Å². The Hall–Kier alpha value is -0.710. The Kier molecular flexibility index (Phi) is 37.9. The first-order valence-corrected chi connectivity index (χ1v) is 23.8. The van der Waals surface area contributed by atoms with E-state index in [1.807, 2.05) is 30.3 Å². The molecule has 0 saturated carbocycles. The number of rotatable bonds is 42. The molecule has 1 aromatic rings. The van der Waals surface area contributed by atoms with Crippen molar-refractivity contribution >= 4 is 8.60 Å². The Morgan fingerprint density at radius 1 is 0.404 bits per heavy atom. The fourth-order valence-corrected chi connectivity index (χ4v) is 7.76. The summed E-state index contributed by atoms with van der Waals surface area (Å²) in [6.45, 7) is 12.4. The molecule has 0 aliphatic rings. The van der Waals surface area contributed by atoms with E-state index in [1.54, 1.807) is 0 Å². The van der Waals surface area contributed by atoms with Crippen LogP contribution in [0.15, 0.2) is 30.3 Å². The largest absolute Gasteiger partial charge is 0.427 e. The summed E-state index contributed by atoms with van der Waals surface area (Å²) >= 11 is 0. The molecule has 306 valence electrons. The van der Waals surface area contributed by atoms with E-state index in [9.17, 15) is 0 Å². The van der Waals surface area contributed by atoms with E-state index < -0.39 is 8.60 Å². The second-order valence-electron chi connectivity index (χ2n) is 15.2. The van der Waals surface area contributed by atoms with Crippen LogP contribution < -0.4 is 4.52 Å². The van der Waals surface area contributed by atoms with Crippen molar-refractivity contribution in [3.8, 4) is 5.75 Å². The molecule has 0 saturated heterocycles. The summed E-state index contributed by atoms with van der Waals surface area (Å²) in [4.78, 5) is 0. The van der Waals surface area contributed by atoms with Crippen LogP contribution in [-0.2, 0) is 18.5 Å². The lowest BCUT2D eigenvalue weighted by Crippen LogP contribution is -2.12. The maximum Gasteiger partial charge on any atom is 0.397 e. The van der Waals surface area contributed by atoms with E-state index in [0.717, 1.165) is 44.6 Å². The van der Waals surface area contributed by atoms with Crippen LogP contribution in [0, 0.1) is 0 Å². The molecular formula is C46H87O5P. The van der Waals surface area contributed by atoms with E-state index in [2.05, 4.69) is 27.7 Å². The Labute approximate surface area is 325 Å². The molecule has 2 atom stereocenters. The molecule has 5 nitrogen and oxygen atoms in total. The summed E-state index contributed by atoms with van der Waals surface area (Å²) in [5.41, 5.74) is 0. The maximum atomic E-state index is 6.21. The normalized spacial score (nSPS) is 13.4. The molecule has 6 heteroatoms. The summed E-state index contributed by atoms with van der Waals surface area (Å²) in [5.74, 6) is 0.818. The van der Waals surface area contributed by atoms with Crippen molar-refractivity contribution in [1.29, 1.82) is 0 Å². The molecule has 0 spiro atoms. The number of hydrogen-bond acceptors (Lipinski definition) is 5. The van der Waals surface area contributed by atoms with Crippen LogP contribution in [0.3, 0.4) is 0 Å². The van der Waals surface area contributed by atoms with Crippen LogP contribution in [0.4, 0.5) is 0 Å². The third kappa shape index (κ3) is 32.7. The SMILES string of the molecule is CCCCCCCCCCOC(CC)CCCCCCCOP(OCCCCCCCC(CC)OCCCCCCCCCC)Oc1ccccc1. The fourth-order valence-electron chi connectivity index (χ4n) is 6.73. The summed E-state index contributed by atoms with van der Waals surface area (Å²) in [6.07, 6.45) is 39.3. The summed E-state index contributed by atoms with van der Waals surface area (Å²) in [7, 11) is -1.38. The maximum absolute atomic E-state index is 6.21. The van der Waals surface area contributed by atoms with Crippen LogP contribution in [0.2, 0.25) is 0 Å². The van der Waals surface area contributed by atoms with Crippen LogP contribution >= 0.6 is 8.60 Å². The number of para-hydroxylation sites is 1. The molecule has 0 aromatic heterocycles. The minimum atomic E-state index is -1.38. The highest BCUT2D eigenvalue weighted by atomic mass is 31.2. The molecule has 1 aromatic carbocycles. The van der Waals surface area contributed by atoms with Crippen LogP contribution in [-0.4, -0.2) is 38.6 Å². The van der Waals surface area contributed by atoms with Crippen LogP contribution in [0.25, 0.3) is 0 Å². The minimum absolute atomic E-state index is 0.436. The van der Waals surface area contributed by atoms with E-state index >= 15 is 0 Å². The lowest BCUT2D eigenvalue weighted by Gasteiger charge is -2.18. The average Bonchev–Trinajstić information content (AvgIpc) is 3.17. The van der Waals surface area contributed by atoms with E-state index in [1.165, 1.54) is 167 Å². The Morgan fingerprint density at radius 3 is 1.13 bits per heavy atom. The molecule has 0 heterocycles. The van der Waals surface area contributed by atoms with Gasteiger partial charge < -0.3 is 23.0 Å². The smallest absolute Gasteiger partial charge is 0.397 e. The van der Waals surface area contributed by atoms with Crippen molar-refractivity contribution < 1.29 is 23.0 Å². The van der Waals surface area contributed by atoms with Crippen molar-refractivity contribution in [2.75, 3.05) is 26.4 Å². The van der Waals surface area contributed by atoms with Crippen molar-refractivity contribution in [1.82, 2.24) is 0 Å². The number of hydrogen-bond donors (Lipinski definition) is 0. The first-order valence-electron chi connectivity index (χ1n) is 22.8. The molecule has 0 fully saturated rings. The van der Waals surface area contributed by atoms with Gasteiger partial charge in [0.2, 0.25) is 0 Å². The molecule has 0 bridgehead atoms. The third-order valence-corrected chi connectivity index (χ3v) is 11.4. The predicted molar refractivity (Wildman–Crippen MR) is 227 cm³/mol. The van der Waals surface area contributed by atoms with Crippen LogP contribution in [0.1, 0.15) is 220 Å². The molecule has 0 N–H and O–H groups in total. The van der Waals surface area contributed by atoms with Gasteiger partial charge in [-0.05, 0) is 63.5 Å². The van der Waals surface area contributed by atoms with Crippen molar-refractivity contribution in [3.63, 3.8) is 0 Å². The van der Waals surface area contributed by atoms with E-state index in [4.69, 9.17) is 23.0 Å². The number of benzene rings is 1. The predicted octanol–water partition coefficient (Wildman–Crippen LogP) is 15.9. The molecule has 2 unspecified atom stereocenters. The molecular weight excluding hydrogens is 663 g/mol. The van der Waals surface area contributed by atoms with Gasteiger partial charge in [-0.1, -0.05) is 187 Å².